The number of hydrogen-bond acceptors (Lipinski definition) is 5. The summed E-state index contributed by atoms with van der Waals surface area (Å²) in [4.78, 5) is 13.3. The average Bonchev–Trinajstić information content (AvgIpc) is 3.20. The van der Waals surface area contributed by atoms with E-state index in [1.54, 1.807) is 0 Å². The molecule has 5 heteroatoms. The van der Waals surface area contributed by atoms with E-state index in [2.05, 4.69) is 37.4 Å². The van der Waals surface area contributed by atoms with Gasteiger partial charge in [-0.15, -0.1) is 0 Å². The Morgan fingerprint density at radius 3 is 2.72 bits per heavy atom. The third kappa shape index (κ3) is 3.08. The fourth-order valence-electron chi connectivity index (χ4n) is 4.54. The van der Waals surface area contributed by atoms with Crippen molar-refractivity contribution in [1.82, 2.24) is 0 Å². The van der Waals surface area contributed by atoms with Crippen molar-refractivity contribution < 1.29 is 14.3 Å². The predicted octanol–water partition coefficient (Wildman–Crippen LogP) is 3.58. The van der Waals surface area contributed by atoms with Crippen LogP contribution in [-0.4, -0.2) is 25.2 Å². The molecule has 2 aromatic rings. The molecule has 1 unspecified atom stereocenters. The number of carbonyl (C=O) groups is 1. The number of benzene rings is 2. The molecule has 2 heterocycles. The van der Waals surface area contributed by atoms with Gasteiger partial charge in [-0.2, -0.15) is 0 Å². The highest BCUT2D eigenvalue weighted by Gasteiger charge is 2.50. The SMILES string of the molecule is CC(C)(CN)C1Cc2cc(CC(=O)C3(c4ccc5c(c4)OCO5)CC3)ccc2N1. The first-order chi connectivity index (χ1) is 13.9. The van der Waals surface area contributed by atoms with E-state index >= 15 is 0 Å². The van der Waals surface area contributed by atoms with Crippen molar-refractivity contribution in [2.45, 2.75) is 51.0 Å². The normalized spacial score (nSPS) is 20.9. The van der Waals surface area contributed by atoms with Crippen molar-refractivity contribution in [3.63, 3.8) is 0 Å². The summed E-state index contributed by atoms with van der Waals surface area (Å²) >= 11 is 0. The van der Waals surface area contributed by atoms with E-state index in [0.29, 0.717) is 24.8 Å². The first kappa shape index (κ1) is 18.5. The first-order valence-corrected chi connectivity index (χ1v) is 10.4. The molecule has 1 saturated carbocycles. The van der Waals surface area contributed by atoms with E-state index < -0.39 is 0 Å². The van der Waals surface area contributed by atoms with Gasteiger partial charge in [0.05, 0.1) is 5.41 Å². The molecule has 2 aromatic carbocycles. The Kier molecular flexibility index (Phi) is 4.14. The van der Waals surface area contributed by atoms with Gasteiger partial charge in [-0.1, -0.05) is 32.0 Å². The number of fused-ring (bicyclic) bond motifs is 2. The summed E-state index contributed by atoms with van der Waals surface area (Å²) in [6.07, 6.45) is 3.23. The van der Waals surface area contributed by atoms with Crippen LogP contribution in [-0.2, 0) is 23.1 Å². The zero-order valence-corrected chi connectivity index (χ0v) is 17.1. The number of carbonyl (C=O) groups excluding carboxylic acids is 1. The van der Waals surface area contributed by atoms with Crippen molar-refractivity contribution in [2.75, 3.05) is 18.7 Å². The van der Waals surface area contributed by atoms with Crippen LogP contribution >= 0.6 is 0 Å². The number of ether oxygens (including phenoxy) is 2. The van der Waals surface area contributed by atoms with Gasteiger partial charge >= 0.3 is 0 Å². The van der Waals surface area contributed by atoms with Gasteiger partial charge in [-0.25, -0.2) is 0 Å². The maximum atomic E-state index is 13.3. The summed E-state index contributed by atoms with van der Waals surface area (Å²) in [6, 6.07) is 12.6. The number of rotatable bonds is 6. The van der Waals surface area contributed by atoms with Crippen LogP contribution in [0.4, 0.5) is 5.69 Å². The Balaban J connectivity index is 1.33. The largest absolute Gasteiger partial charge is 0.454 e. The van der Waals surface area contributed by atoms with Crippen LogP contribution in [0, 0.1) is 5.41 Å². The maximum absolute atomic E-state index is 13.3. The van der Waals surface area contributed by atoms with Gasteiger partial charge in [0, 0.05) is 18.2 Å². The van der Waals surface area contributed by atoms with Gasteiger partial charge in [0.2, 0.25) is 6.79 Å². The molecular weight excluding hydrogens is 364 g/mol. The third-order valence-electron chi connectivity index (χ3n) is 6.97. The summed E-state index contributed by atoms with van der Waals surface area (Å²) < 4.78 is 10.9. The molecule has 2 aliphatic heterocycles. The molecule has 3 N–H and O–H groups in total. The van der Waals surface area contributed by atoms with Crippen molar-refractivity contribution in [2.24, 2.45) is 11.1 Å². The molecule has 0 radical (unpaired) electrons. The molecule has 0 aromatic heterocycles. The number of nitrogens with one attached hydrogen (secondary N) is 1. The molecule has 3 aliphatic rings. The van der Waals surface area contributed by atoms with E-state index in [0.717, 1.165) is 41.9 Å². The summed E-state index contributed by atoms with van der Waals surface area (Å²) in [5.74, 6) is 1.80. The van der Waals surface area contributed by atoms with E-state index in [1.807, 2.05) is 18.2 Å². The minimum absolute atomic E-state index is 0.0342. The number of nitrogens with two attached hydrogens (primary N) is 1. The molecule has 0 saturated heterocycles. The second-order valence-corrected chi connectivity index (χ2v) is 9.34. The van der Waals surface area contributed by atoms with E-state index in [1.165, 1.54) is 11.3 Å². The van der Waals surface area contributed by atoms with Crippen LogP contribution in [0.1, 0.15) is 43.4 Å². The Morgan fingerprint density at radius 2 is 1.97 bits per heavy atom. The van der Waals surface area contributed by atoms with Gasteiger partial charge in [-0.05, 0) is 66.1 Å². The number of hydrogen-bond donors (Lipinski definition) is 2. The quantitative estimate of drug-likeness (QED) is 0.786. The molecule has 1 aliphatic carbocycles. The summed E-state index contributed by atoms with van der Waals surface area (Å²) in [6.45, 7) is 5.29. The molecular formula is C24H28N2O3. The zero-order valence-electron chi connectivity index (χ0n) is 17.1. The lowest BCUT2D eigenvalue weighted by Gasteiger charge is -2.30. The number of Topliss-reactive ketones (excluding diaryl/α,β-unsaturated/α-hetero) is 1. The lowest BCUT2D eigenvalue weighted by atomic mass is 9.83. The molecule has 0 amide bonds. The van der Waals surface area contributed by atoms with Crippen molar-refractivity contribution in [1.29, 1.82) is 0 Å². The highest BCUT2D eigenvalue weighted by molar-refractivity contribution is 5.95. The van der Waals surface area contributed by atoms with E-state index in [-0.39, 0.29) is 17.6 Å². The van der Waals surface area contributed by atoms with Crippen LogP contribution in [0.5, 0.6) is 11.5 Å². The molecule has 1 atom stereocenters. The van der Waals surface area contributed by atoms with Crippen molar-refractivity contribution >= 4 is 11.5 Å². The fraction of sp³-hybridized carbons (Fsp3) is 0.458. The summed E-state index contributed by atoms with van der Waals surface area (Å²) in [5.41, 5.74) is 10.2. The highest BCUT2D eigenvalue weighted by Crippen LogP contribution is 2.51. The molecule has 0 bridgehead atoms. The molecule has 5 rings (SSSR count). The van der Waals surface area contributed by atoms with Crippen molar-refractivity contribution in [3.05, 3.63) is 53.1 Å². The van der Waals surface area contributed by atoms with Gasteiger partial charge < -0.3 is 20.5 Å². The molecule has 29 heavy (non-hydrogen) atoms. The van der Waals surface area contributed by atoms with Crippen LogP contribution in [0.15, 0.2) is 36.4 Å². The minimum Gasteiger partial charge on any atom is -0.454 e. The Hall–Kier alpha value is -2.53. The molecule has 0 spiro atoms. The first-order valence-electron chi connectivity index (χ1n) is 10.4. The molecule has 5 nitrogen and oxygen atoms in total. The minimum atomic E-state index is -0.359. The van der Waals surface area contributed by atoms with Gasteiger partial charge in [0.15, 0.2) is 11.5 Å². The van der Waals surface area contributed by atoms with Gasteiger partial charge in [0.25, 0.3) is 0 Å². The predicted molar refractivity (Wildman–Crippen MR) is 113 cm³/mol. The third-order valence-corrected chi connectivity index (χ3v) is 6.97. The Morgan fingerprint density at radius 1 is 1.17 bits per heavy atom. The topological polar surface area (TPSA) is 73.6 Å². The van der Waals surface area contributed by atoms with Crippen LogP contribution in [0.2, 0.25) is 0 Å². The van der Waals surface area contributed by atoms with Crippen LogP contribution in [0.3, 0.4) is 0 Å². The van der Waals surface area contributed by atoms with E-state index in [9.17, 15) is 4.79 Å². The number of ketones is 1. The average molecular weight is 392 g/mol. The van der Waals surface area contributed by atoms with E-state index in [4.69, 9.17) is 15.2 Å². The van der Waals surface area contributed by atoms with Crippen LogP contribution in [0.25, 0.3) is 0 Å². The molecule has 1 fully saturated rings. The Labute approximate surface area is 171 Å². The summed E-state index contributed by atoms with van der Waals surface area (Å²) in [5, 5.41) is 3.61. The highest BCUT2D eigenvalue weighted by atomic mass is 16.7. The lowest BCUT2D eigenvalue weighted by Crippen LogP contribution is -2.40. The lowest BCUT2D eigenvalue weighted by molar-refractivity contribution is -0.120. The standard InChI is InChI=1S/C24H28N2O3/c1-23(2,13-25)21-11-16-9-15(3-5-18(16)26-21)10-22(27)24(7-8-24)17-4-6-19-20(12-17)29-14-28-19/h3-6,9,12,21,26H,7-8,10-11,13-14,25H2,1-2H3. The number of anilines is 1. The zero-order chi connectivity index (χ0) is 20.2. The summed E-state index contributed by atoms with van der Waals surface area (Å²) in [7, 11) is 0. The van der Waals surface area contributed by atoms with Crippen LogP contribution < -0.4 is 20.5 Å². The maximum Gasteiger partial charge on any atom is 0.231 e. The van der Waals surface area contributed by atoms with Gasteiger partial charge in [-0.3, -0.25) is 4.79 Å². The molecule has 152 valence electrons. The second-order valence-electron chi connectivity index (χ2n) is 9.34. The second kappa shape index (κ2) is 6.49. The smallest absolute Gasteiger partial charge is 0.231 e. The fourth-order valence-corrected chi connectivity index (χ4v) is 4.54. The Bertz CT molecular complexity index is 978. The van der Waals surface area contributed by atoms with Crippen molar-refractivity contribution in [3.8, 4) is 11.5 Å². The monoisotopic (exact) mass is 392 g/mol. The van der Waals surface area contributed by atoms with Gasteiger partial charge in [0.1, 0.15) is 5.78 Å².